The Hall–Kier alpha value is -2.64. The average Bonchev–Trinajstić information content (AvgIpc) is 3.24. The highest BCUT2D eigenvalue weighted by molar-refractivity contribution is 7.94. The van der Waals surface area contributed by atoms with Gasteiger partial charge in [-0.3, -0.25) is 9.10 Å². The van der Waals surface area contributed by atoms with Gasteiger partial charge in [0.05, 0.1) is 5.69 Å². The second kappa shape index (κ2) is 9.24. The highest BCUT2D eigenvalue weighted by Crippen LogP contribution is 2.26. The lowest BCUT2D eigenvalue weighted by atomic mass is 10.1. The van der Waals surface area contributed by atoms with E-state index in [4.69, 9.17) is 0 Å². The number of rotatable bonds is 8. The molecule has 3 aromatic rings. The summed E-state index contributed by atoms with van der Waals surface area (Å²) in [6.45, 7) is 4.14. The molecule has 0 aliphatic rings. The van der Waals surface area contributed by atoms with Crippen molar-refractivity contribution in [3.8, 4) is 0 Å². The number of benzene rings is 2. The molecule has 1 amide bonds. The zero-order valence-electron chi connectivity index (χ0n) is 16.5. The van der Waals surface area contributed by atoms with Crippen LogP contribution in [0.1, 0.15) is 16.7 Å². The van der Waals surface area contributed by atoms with Crippen LogP contribution < -0.4 is 9.62 Å². The van der Waals surface area contributed by atoms with Crippen LogP contribution in [-0.2, 0) is 21.2 Å². The number of carbonyl (C=O) groups is 1. The van der Waals surface area contributed by atoms with E-state index >= 15 is 0 Å². The van der Waals surface area contributed by atoms with E-state index in [1.807, 2.05) is 50.2 Å². The average molecular weight is 429 g/mol. The molecule has 1 aromatic heterocycles. The number of nitrogens with one attached hydrogen (secondary N) is 1. The Morgan fingerprint density at radius 2 is 1.59 bits per heavy atom. The van der Waals surface area contributed by atoms with Gasteiger partial charge in [-0.25, -0.2) is 8.42 Å². The normalized spacial score (nSPS) is 11.2. The molecule has 0 radical (unpaired) electrons. The van der Waals surface area contributed by atoms with Crippen molar-refractivity contribution in [2.75, 3.05) is 17.4 Å². The maximum Gasteiger partial charge on any atom is 0.274 e. The molecule has 2 aromatic carbocycles. The molecule has 3 rings (SSSR count). The van der Waals surface area contributed by atoms with Crippen molar-refractivity contribution in [3.05, 3.63) is 82.7 Å². The molecule has 0 aliphatic carbocycles. The summed E-state index contributed by atoms with van der Waals surface area (Å²) in [4.78, 5) is 12.5. The van der Waals surface area contributed by atoms with E-state index < -0.39 is 10.0 Å². The summed E-state index contributed by atoms with van der Waals surface area (Å²) in [6.07, 6.45) is 0.689. The number of carbonyl (C=O) groups excluding carboxylic acids is 1. The van der Waals surface area contributed by atoms with Crippen LogP contribution >= 0.6 is 11.3 Å². The first kappa shape index (κ1) is 21.1. The molecule has 1 N–H and O–H groups in total. The zero-order valence-corrected chi connectivity index (χ0v) is 18.1. The van der Waals surface area contributed by atoms with Crippen molar-refractivity contribution >= 4 is 33.0 Å². The lowest BCUT2D eigenvalue weighted by Gasteiger charge is -2.23. The molecule has 0 saturated heterocycles. The number of nitrogens with zero attached hydrogens (tertiary/aromatic N) is 1. The van der Waals surface area contributed by atoms with Crippen LogP contribution in [0.5, 0.6) is 0 Å². The van der Waals surface area contributed by atoms with Crippen LogP contribution in [0.25, 0.3) is 0 Å². The van der Waals surface area contributed by atoms with Gasteiger partial charge < -0.3 is 5.32 Å². The monoisotopic (exact) mass is 428 g/mol. The largest absolute Gasteiger partial charge is 0.354 e. The highest BCUT2D eigenvalue weighted by atomic mass is 32.2. The molecule has 152 valence electrons. The number of hydrogen-bond donors (Lipinski definition) is 1. The lowest BCUT2D eigenvalue weighted by Crippen LogP contribution is -2.41. The number of hydrogen-bond acceptors (Lipinski definition) is 4. The standard InChI is InChI=1S/C22H24N2O3S2/c1-17-5-9-19(10-6-17)13-14-23-21(25)16-24(20-11-7-18(2)8-12-20)29(26,27)22-4-3-15-28-22/h3-12,15H,13-14,16H2,1-2H3,(H,23,25). The highest BCUT2D eigenvalue weighted by Gasteiger charge is 2.27. The molecule has 7 heteroatoms. The van der Waals surface area contributed by atoms with Gasteiger partial charge in [0.2, 0.25) is 5.91 Å². The smallest absolute Gasteiger partial charge is 0.274 e. The van der Waals surface area contributed by atoms with Crippen LogP contribution in [0.4, 0.5) is 5.69 Å². The van der Waals surface area contributed by atoms with Crippen molar-refractivity contribution in [2.24, 2.45) is 0 Å². The Morgan fingerprint density at radius 3 is 2.17 bits per heavy atom. The maximum atomic E-state index is 13.1. The van der Waals surface area contributed by atoms with E-state index in [1.54, 1.807) is 29.6 Å². The summed E-state index contributed by atoms with van der Waals surface area (Å²) in [5.74, 6) is -0.335. The maximum absolute atomic E-state index is 13.1. The Morgan fingerprint density at radius 1 is 0.966 bits per heavy atom. The molecule has 0 atom stereocenters. The minimum atomic E-state index is -3.81. The van der Waals surface area contributed by atoms with Crippen LogP contribution in [0.3, 0.4) is 0 Å². The Balaban J connectivity index is 1.71. The van der Waals surface area contributed by atoms with Gasteiger partial charge in [-0.15, -0.1) is 11.3 Å². The quantitative estimate of drug-likeness (QED) is 0.591. The van der Waals surface area contributed by atoms with E-state index in [2.05, 4.69) is 5.32 Å². The summed E-state index contributed by atoms with van der Waals surface area (Å²) in [7, 11) is -3.81. The first-order valence-corrected chi connectivity index (χ1v) is 11.6. The Bertz CT molecular complexity index is 1040. The van der Waals surface area contributed by atoms with E-state index in [9.17, 15) is 13.2 Å². The van der Waals surface area contributed by atoms with Crippen LogP contribution in [0.2, 0.25) is 0 Å². The minimum absolute atomic E-state index is 0.213. The third kappa shape index (κ3) is 5.46. The van der Waals surface area contributed by atoms with Crippen LogP contribution in [0, 0.1) is 13.8 Å². The molecule has 1 heterocycles. The number of thiophene rings is 1. The fourth-order valence-corrected chi connectivity index (χ4v) is 5.36. The first-order chi connectivity index (χ1) is 13.9. The molecule has 0 fully saturated rings. The third-order valence-corrected chi connectivity index (χ3v) is 7.65. The predicted octanol–water partition coefficient (Wildman–Crippen LogP) is 3.92. The SMILES string of the molecule is Cc1ccc(CCNC(=O)CN(c2ccc(C)cc2)S(=O)(=O)c2cccs2)cc1. The van der Waals surface area contributed by atoms with E-state index in [1.165, 1.54) is 9.87 Å². The van der Waals surface area contributed by atoms with Crippen molar-refractivity contribution in [1.82, 2.24) is 5.32 Å². The number of aryl methyl sites for hydroxylation is 2. The lowest BCUT2D eigenvalue weighted by molar-refractivity contribution is -0.119. The molecular weight excluding hydrogens is 404 g/mol. The van der Waals surface area contributed by atoms with Crippen molar-refractivity contribution in [3.63, 3.8) is 0 Å². The summed E-state index contributed by atoms with van der Waals surface area (Å²) in [6, 6.07) is 18.5. The molecule has 0 saturated carbocycles. The third-order valence-electron chi connectivity index (χ3n) is 4.51. The van der Waals surface area contributed by atoms with Gasteiger partial charge >= 0.3 is 0 Å². The topological polar surface area (TPSA) is 66.5 Å². The molecule has 29 heavy (non-hydrogen) atoms. The molecule has 0 unspecified atom stereocenters. The summed E-state index contributed by atoms with van der Waals surface area (Å²) in [5.41, 5.74) is 3.80. The van der Waals surface area contributed by atoms with Gasteiger partial charge in [0.25, 0.3) is 10.0 Å². The Kier molecular flexibility index (Phi) is 6.71. The van der Waals surface area contributed by atoms with E-state index in [0.29, 0.717) is 18.7 Å². The molecule has 5 nitrogen and oxygen atoms in total. The van der Waals surface area contributed by atoms with Crippen molar-refractivity contribution in [1.29, 1.82) is 0 Å². The van der Waals surface area contributed by atoms with Gasteiger partial charge in [0.15, 0.2) is 0 Å². The van der Waals surface area contributed by atoms with Crippen LogP contribution in [0.15, 0.2) is 70.3 Å². The fourth-order valence-electron chi connectivity index (χ4n) is 2.83. The molecule has 0 aliphatic heterocycles. The van der Waals surface area contributed by atoms with Crippen molar-refractivity contribution < 1.29 is 13.2 Å². The zero-order chi connectivity index (χ0) is 20.9. The van der Waals surface area contributed by atoms with Gasteiger partial charge in [0.1, 0.15) is 10.8 Å². The summed E-state index contributed by atoms with van der Waals surface area (Å²) < 4.78 is 27.6. The first-order valence-electron chi connectivity index (χ1n) is 9.31. The van der Waals surface area contributed by atoms with Gasteiger partial charge in [-0.2, -0.15) is 0 Å². The van der Waals surface area contributed by atoms with Gasteiger partial charge in [-0.1, -0.05) is 53.6 Å². The number of sulfonamides is 1. The second-order valence-electron chi connectivity index (χ2n) is 6.86. The van der Waals surface area contributed by atoms with Gasteiger partial charge in [-0.05, 0) is 49.4 Å². The van der Waals surface area contributed by atoms with E-state index in [-0.39, 0.29) is 16.7 Å². The summed E-state index contributed by atoms with van der Waals surface area (Å²) in [5, 5.41) is 4.54. The summed E-state index contributed by atoms with van der Waals surface area (Å²) >= 11 is 1.14. The fraction of sp³-hybridized carbons (Fsp3) is 0.227. The molecular formula is C22H24N2O3S2. The number of amides is 1. The predicted molar refractivity (Wildman–Crippen MR) is 118 cm³/mol. The minimum Gasteiger partial charge on any atom is -0.354 e. The molecule has 0 spiro atoms. The second-order valence-corrected chi connectivity index (χ2v) is 9.90. The van der Waals surface area contributed by atoms with Gasteiger partial charge in [0, 0.05) is 6.54 Å². The van der Waals surface area contributed by atoms with Crippen LogP contribution in [-0.4, -0.2) is 27.4 Å². The van der Waals surface area contributed by atoms with E-state index in [0.717, 1.165) is 22.5 Å². The Labute approximate surface area is 176 Å². The molecule has 0 bridgehead atoms. The van der Waals surface area contributed by atoms with Crippen molar-refractivity contribution in [2.45, 2.75) is 24.5 Å². The number of anilines is 1.